The first-order chi connectivity index (χ1) is 12.2. The minimum absolute atomic E-state index is 0.217. The van der Waals surface area contributed by atoms with E-state index in [1.165, 1.54) is 6.07 Å². The van der Waals surface area contributed by atoms with E-state index < -0.39 is 0 Å². The normalized spacial score (nSPS) is 18.8. The van der Waals surface area contributed by atoms with E-state index in [2.05, 4.69) is 15.9 Å². The number of hydrogen-bond acceptors (Lipinski definition) is 2. The Bertz CT molecular complexity index is 1050. The van der Waals surface area contributed by atoms with Crippen molar-refractivity contribution in [2.24, 2.45) is 0 Å². The molecule has 1 aromatic heterocycles. The summed E-state index contributed by atoms with van der Waals surface area (Å²) in [5.41, 5.74) is 1.48. The highest BCUT2D eigenvalue weighted by Crippen LogP contribution is 2.28. The van der Waals surface area contributed by atoms with Crippen LogP contribution < -0.4 is 11.1 Å². The molecule has 0 bridgehead atoms. The third-order valence-corrected chi connectivity index (χ3v) is 4.97. The van der Waals surface area contributed by atoms with Crippen molar-refractivity contribution in [3.63, 3.8) is 0 Å². The highest BCUT2D eigenvalue weighted by Gasteiger charge is 2.27. The summed E-state index contributed by atoms with van der Waals surface area (Å²) in [5.74, 6) is 0. The smallest absolute Gasteiger partial charge is 0.268 e. The molecular weight excluding hydrogens is 380 g/mol. The average Bonchev–Trinajstić information content (AvgIpc) is 2.66. The van der Waals surface area contributed by atoms with Crippen LogP contribution in [0.3, 0.4) is 0 Å². The molecule has 2 heterocycles. The van der Waals surface area contributed by atoms with E-state index in [0.29, 0.717) is 0 Å². The summed E-state index contributed by atoms with van der Waals surface area (Å²) >= 11 is 3.23. The summed E-state index contributed by atoms with van der Waals surface area (Å²) in [7, 11) is 0. The van der Waals surface area contributed by atoms with Gasteiger partial charge >= 0.3 is 0 Å². The Hall–Kier alpha value is -2.66. The van der Waals surface area contributed by atoms with Gasteiger partial charge in [-0.3, -0.25) is 9.59 Å². The van der Waals surface area contributed by atoms with E-state index >= 15 is 0 Å². The minimum Gasteiger partial charge on any atom is -0.268 e. The lowest BCUT2D eigenvalue weighted by molar-refractivity contribution is 0.381. The second-order valence-corrected chi connectivity index (χ2v) is 6.78. The molecule has 0 amide bonds. The molecule has 3 aromatic rings. The monoisotopic (exact) mass is 394 g/mol. The van der Waals surface area contributed by atoms with E-state index in [1.807, 2.05) is 72.8 Å². The van der Waals surface area contributed by atoms with E-state index in [0.717, 1.165) is 11.1 Å². The number of allylic oxidation sites excluding steroid dienone is 2. The van der Waals surface area contributed by atoms with Gasteiger partial charge in [-0.25, -0.2) is 9.36 Å². The van der Waals surface area contributed by atoms with Gasteiger partial charge in [-0.05, 0) is 27.1 Å². The first-order valence-electron chi connectivity index (χ1n) is 7.99. The van der Waals surface area contributed by atoms with Crippen molar-refractivity contribution < 1.29 is 0 Å². The summed E-state index contributed by atoms with van der Waals surface area (Å²) in [6.07, 6.45) is 3.97. The van der Waals surface area contributed by atoms with Gasteiger partial charge in [0.15, 0.2) is 0 Å². The molecule has 2 atom stereocenters. The summed E-state index contributed by atoms with van der Waals surface area (Å²) < 4.78 is 3.36. The molecule has 1 aliphatic rings. The number of rotatable bonds is 2. The third-order valence-electron chi connectivity index (χ3n) is 4.41. The third kappa shape index (κ3) is 2.70. The van der Waals surface area contributed by atoms with Crippen molar-refractivity contribution in [1.29, 1.82) is 0 Å². The first-order valence-corrected chi connectivity index (χ1v) is 8.78. The lowest BCUT2D eigenvalue weighted by atomic mass is 10.00. The van der Waals surface area contributed by atoms with Gasteiger partial charge in [-0.1, -0.05) is 72.8 Å². The van der Waals surface area contributed by atoms with Gasteiger partial charge in [0.05, 0.1) is 16.6 Å². The molecule has 2 aromatic carbocycles. The van der Waals surface area contributed by atoms with Crippen LogP contribution in [-0.4, -0.2) is 9.36 Å². The molecule has 0 aliphatic carbocycles. The largest absolute Gasteiger partial charge is 0.280 e. The van der Waals surface area contributed by atoms with Crippen LogP contribution in [0.1, 0.15) is 23.2 Å². The molecule has 0 radical (unpaired) electrons. The number of fused-ring (bicyclic) bond motifs is 1. The Labute approximate surface area is 152 Å². The highest BCUT2D eigenvalue weighted by atomic mass is 79.9. The molecule has 0 spiro atoms. The molecular formula is C20H15BrN2O2. The van der Waals surface area contributed by atoms with Crippen LogP contribution in [0.2, 0.25) is 0 Å². The summed E-state index contributed by atoms with van der Waals surface area (Å²) in [5, 5.41) is 0. The zero-order valence-electron chi connectivity index (χ0n) is 13.2. The maximum atomic E-state index is 12.8. The number of hydrogen-bond donors (Lipinski definition) is 0. The molecule has 4 nitrogen and oxygen atoms in total. The van der Waals surface area contributed by atoms with Crippen LogP contribution >= 0.6 is 15.9 Å². The Balaban J connectivity index is 2.00. The van der Waals surface area contributed by atoms with E-state index in [9.17, 15) is 9.59 Å². The van der Waals surface area contributed by atoms with Gasteiger partial charge in [-0.15, -0.1) is 0 Å². The highest BCUT2D eigenvalue weighted by molar-refractivity contribution is 9.10. The summed E-state index contributed by atoms with van der Waals surface area (Å²) in [6, 6.07) is 20.1. The summed E-state index contributed by atoms with van der Waals surface area (Å²) in [4.78, 5) is 25.6. The number of benzene rings is 2. The van der Waals surface area contributed by atoms with Gasteiger partial charge in [-0.2, -0.15) is 0 Å². The maximum absolute atomic E-state index is 12.8. The Morgan fingerprint density at radius 2 is 1.20 bits per heavy atom. The van der Waals surface area contributed by atoms with Crippen molar-refractivity contribution in [1.82, 2.24) is 9.36 Å². The van der Waals surface area contributed by atoms with E-state index in [1.54, 1.807) is 9.36 Å². The van der Waals surface area contributed by atoms with Crippen molar-refractivity contribution in [3.05, 3.63) is 115 Å². The van der Waals surface area contributed by atoms with E-state index in [4.69, 9.17) is 0 Å². The lowest BCUT2D eigenvalue weighted by Gasteiger charge is -2.31. The predicted octanol–water partition coefficient (Wildman–Crippen LogP) is 3.52. The molecule has 25 heavy (non-hydrogen) atoms. The topological polar surface area (TPSA) is 44.0 Å². The van der Waals surface area contributed by atoms with Gasteiger partial charge in [0, 0.05) is 6.07 Å². The van der Waals surface area contributed by atoms with Crippen LogP contribution in [0, 0.1) is 0 Å². The SMILES string of the molecule is O=c1cc(Br)c(=O)n2n1C(c1ccccc1)C=CC2c1ccccc1. The van der Waals surface area contributed by atoms with Crippen LogP contribution in [0.5, 0.6) is 0 Å². The van der Waals surface area contributed by atoms with E-state index in [-0.39, 0.29) is 27.7 Å². The second kappa shape index (κ2) is 6.33. The molecule has 2 unspecified atom stereocenters. The minimum atomic E-state index is -0.320. The Morgan fingerprint density at radius 1 is 0.720 bits per heavy atom. The molecule has 124 valence electrons. The Morgan fingerprint density at radius 3 is 1.72 bits per heavy atom. The zero-order chi connectivity index (χ0) is 17.4. The molecule has 1 aliphatic heterocycles. The van der Waals surface area contributed by atoms with Gasteiger partial charge < -0.3 is 0 Å². The van der Waals surface area contributed by atoms with Crippen molar-refractivity contribution in [2.45, 2.75) is 12.1 Å². The number of aromatic nitrogens is 2. The van der Waals surface area contributed by atoms with Gasteiger partial charge in [0.2, 0.25) is 0 Å². The second-order valence-electron chi connectivity index (χ2n) is 5.92. The quantitative estimate of drug-likeness (QED) is 0.624. The van der Waals surface area contributed by atoms with Gasteiger partial charge in [0.1, 0.15) is 0 Å². The molecule has 0 saturated heterocycles. The molecule has 0 N–H and O–H groups in total. The lowest BCUT2D eigenvalue weighted by Crippen LogP contribution is -2.44. The zero-order valence-corrected chi connectivity index (χ0v) is 14.8. The van der Waals surface area contributed by atoms with Crippen molar-refractivity contribution in [3.8, 4) is 0 Å². The summed E-state index contributed by atoms with van der Waals surface area (Å²) in [6.45, 7) is 0. The van der Waals surface area contributed by atoms with Crippen LogP contribution in [0.25, 0.3) is 0 Å². The molecule has 0 fully saturated rings. The molecule has 5 heteroatoms. The average molecular weight is 395 g/mol. The first kappa shape index (κ1) is 15.8. The fraction of sp³-hybridized carbons (Fsp3) is 0.100. The number of halogens is 1. The fourth-order valence-corrected chi connectivity index (χ4v) is 3.64. The maximum Gasteiger partial charge on any atom is 0.280 e. The fourth-order valence-electron chi connectivity index (χ4n) is 3.26. The van der Waals surface area contributed by atoms with Crippen molar-refractivity contribution in [2.75, 3.05) is 0 Å². The van der Waals surface area contributed by atoms with Crippen LogP contribution in [0.15, 0.2) is 92.9 Å². The molecule has 4 rings (SSSR count). The van der Waals surface area contributed by atoms with Crippen LogP contribution in [0.4, 0.5) is 0 Å². The van der Waals surface area contributed by atoms with Crippen molar-refractivity contribution >= 4 is 15.9 Å². The molecule has 0 saturated carbocycles. The predicted molar refractivity (Wildman–Crippen MR) is 101 cm³/mol. The Kier molecular flexibility index (Phi) is 4.01. The standard InChI is InChI=1S/C20H15BrN2O2/c21-16-13-19(24)22-17(14-7-3-1-4-8-14)11-12-18(23(22)20(16)25)15-9-5-2-6-10-15/h1-13,17-18H. The number of nitrogens with zero attached hydrogens (tertiary/aromatic N) is 2. The van der Waals surface area contributed by atoms with Gasteiger partial charge in [0.25, 0.3) is 11.1 Å². The van der Waals surface area contributed by atoms with Crippen LogP contribution in [-0.2, 0) is 0 Å².